The van der Waals surface area contributed by atoms with Gasteiger partial charge in [0.2, 0.25) is 0 Å². The van der Waals surface area contributed by atoms with Gasteiger partial charge in [-0.2, -0.15) is 8.42 Å². The fraction of sp³-hybridized carbons (Fsp3) is 0.609. The number of hydrogen-bond donors (Lipinski definition) is 0. The molecule has 0 bridgehead atoms. The zero-order valence-electron chi connectivity index (χ0n) is 20.8. The van der Waals surface area contributed by atoms with Crippen molar-refractivity contribution in [1.29, 1.82) is 0 Å². The fourth-order valence-corrected chi connectivity index (χ4v) is 4.33. The second-order valence-electron chi connectivity index (χ2n) is 10.4. The van der Waals surface area contributed by atoms with Gasteiger partial charge in [-0.15, -0.1) is 5.54 Å². The summed E-state index contributed by atoms with van der Waals surface area (Å²) in [4.78, 5) is 16.1. The molecule has 1 aliphatic heterocycles. The van der Waals surface area contributed by atoms with Crippen LogP contribution in [0.5, 0.6) is 5.75 Å². The maximum absolute atomic E-state index is 13.4. The van der Waals surface area contributed by atoms with E-state index < -0.39 is 24.2 Å². The van der Waals surface area contributed by atoms with Gasteiger partial charge in [0.15, 0.2) is 5.75 Å². The second-order valence-corrected chi connectivity index (χ2v) is 16.1. The highest BCUT2D eigenvalue weighted by Crippen LogP contribution is 2.32. The van der Waals surface area contributed by atoms with Crippen molar-refractivity contribution in [2.24, 2.45) is 0 Å². The Morgan fingerprint density at radius 1 is 1.12 bits per heavy atom. The number of hydrogen-bond acceptors (Lipinski definition) is 6. The van der Waals surface area contributed by atoms with E-state index in [0.717, 1.165) is 5.56 Å². The van der Waals surface area contributed by atoms with Gasteiger partial charge in [-0.1, -0.05) is 29.4 Å². The lowest BCUT2D eigenvalue weighted by Crippen LogP contribution is -2.49. The zero-order chi connectivity index (χ0) is 25.2. The van der Waals surface area contributed by atoms with E-state index in [-0.39, 0.29) is 11.8 Å². The van der Waals surface area contributed by atoms with E-state index in [4.69, 9.17) is 8.92 Å². The van der Waals surface area contributed by atoms with Gasteiger partial charge in [0.05, 0.1) is 0 Å². The quantitative estimate of drug-likeness (QED) is 0.352. The number of amides is 1. The number of carbonyl (C=O) groups excluding carboxylic acids is 1. The third kappa shape index (κ3) is 8.64. The largest absolute Gasteiger partial charge is 0.488 e. The maximum atomic E-state index is 13.4. The first kappa shape index (κ1) is 27.2. The second kappa shape index (κ2) is 10.0. The van der Waals surface area contributed by atoms with E-state index in [2.05, 4.69) is 36.0 Å². The molecule has 0 spiro atoms. The van der Waals surface area contributed by atoms with Crippen LogP contribution >= 0.6 is 0 Å². The molecule has 33 heavy (non-hydrogen) atoms. The topological polar surface area (TPSA) is 76.2 Å². The average molecular weight is 499 g/mol. The van der Waals surface area contributed by atoms with Gasteiger partial charge in [-0.3, -0.25) is 4.90 Å². The Bertz CT molecular complexity index is 1060. The predicted octanol–water partition coefficient (Wildman–Crippen LogP) is 4.18. The van der Waals surface area contributed by atoms with Crippen LogP contribution in [-0.2, 0) is 21.8 Å². The lowest BCUT2D eigenvalue weighted by molar-refractivity contribution is 0.0139. The monoisotopic (exact) mass is 498 g/mol. The number of rotatable bonds is 4. The minimum absolute atomic E-state index is 0.0118. The summed E-state index contributed by atoms with van der Waals surface area (Å²) < 4.78 is 46.1. The summed E-state index contributed by atoms with van der Waals surface area (Å²) in [7, 11) is -6.87. The predicted molar refractivity (Wildman–Crippen MR) is 130 cm³/mol. The molecule has 0 aliphatic carbocycles. The van der Waals surface area contributed by atoms with Gasteiger partial charge in [-0.25, -0.2) is 4.79 Å². The molecule has 1 saturated heterocycles. The van der Waals surface area contributed by atoms with Crippen molar-refractivity contribution in [2.75, 3.05) is 26.2 Å². The molecule has 1 aromatic carbocycles. The van der Waals surface area contributed by atoms with Crippen LogP contribution < -0.4 is 4.18 Å². The highest BCUT2D eigenvalue weighted by atomic mass is 32.3. The van der Waals surface area contributed by atoms with Crippen molar-refractivity contribution in [2.45, 2.75) is 66.4 Å². The van der Waals surface area contributed by atoms with Crippen LogP contribution in [0.15, 0.2) is 6.07 Å². The van der Waals surface area contributed by atoms with Crippen LogP contribution in [0.2, 0.25) is 19.6 Å². The van der Waals surface area contributed by atoms with Crippen LogP contribution in [0.25, 0.3) is 0 Å². The van der Waals surface area contributed by atoms with Gasteiger partial charge < -0.3 is 13.8 Å². The van der Waals surface area contributed by atoms with Crippen molar-refractivity contribution < 1.29 is 26.0 Å². The molecule has 0 aromatic heterocycles. The number of piperazine rings is 1. The molecule has 2 rings (SSSR count). The van der Waals surface area contributed by atoms with E-state index in [0.29, 0.717) is 49.4 Å². The third-order valence-corrected chi connectivity index (χ3v) is 6.30. The Morgan fingerprint density at radius 3 is 2.18 bits per heavy atom. The van der Waals surface area contributed by atoms with Crippen LogP contribution in [0.1, 0.15) is 43.0 Å². The molecule has 10 heteroatoms. The summed E-state index contributed by atoms with van der Waals surface area (Å²) in [5.41, 5.74) is 5.22. The molecular formula is C23H35FN2O5SSi. The van der Waals surface area contributed by atoms with Crippen molar-refractivity contribution in [3.8, 4) is 17.2 Å². The number of ether oxygens (including phenoxy) is 1. The Balaban J connectivity index is 2.28. The molecule has 1 aliphatic rings. The molecule has 0 N–H and O–H groups in total. The molecule has 184 valence electrons. The van der Waals surface area contributed by atoms with Crippen LogP contribution in [-0.4, -0.2) is 64.2 Å². The smallest absolute Gasteiger partial charge is 0.444 e. The first-order valence-electron chi connectivity index (χ1n) is 11.0. The third-order valence-electron chi connectivity index (χ3n) is 5.06. The van der Waals surface area contributed by atoms with E-state index in [9.17, 15) is 17.1 Å². The van der Waals surface area contributed by atoms with Gasteiger partial charge >= 0.3 is 16.6 Å². The Labute approximate surface area is 198 Å². The van der Waals surface area contributed by atoms with Crippen molar-refractivity contribution in [3.05, 3.63) is 28.3 Å². The zero-order valence-corrected chi connectivity index (χ0v) is 22.7. The Morgan fingerprint density at radius 2 is 1.70 bits per heavy atom. The molecule has 1 heterocycles. The number of carbonyl (C=O) groups is 1. The SMILES string of the molecule is Cc1c(C#C[Si](C)(C)C)cc(CN2CCN(C(=O)OC(C)(C)C)CC2)c(C)c1OS(=O)(=O)F. The normalized spacial score (nSPS) is 15.6. The number of benzene rings is 1. The summed E-state index contributed by atoms with van der Waals surface area (Å²) in [6.07, 6.45) is -0.332. The Kier molecular flexibility index (Phi) is 8.26. The van der Waals surface area contributed by atoms with Gasteiger partial charge in [-0.05, 0) is 51.8 Å². The van der Waals surface area contributed by atoms with Gasteiger partial charge in [0.25, 0.3) is 0 Å². The standard InChI is InChI=1S/C23H35FN2O5SSi/c1-17-19(9-14-33(6,7)8)15-20(18(2)21(17)31-32(24,28)29)16-25-10-12-26(13-11-25)22(27)30-23(3,4)5/h15H,10-13,16H2,1-8H3. The lowest BCUT2D eigenvalue weighted by atomic mass is 9.98. The molecule has 0 atom stereocenters. The van der Waals surface area contributed by atoms with Crippen LogP contribution in [0.3, 0.4) is 0 Å². The molecular weight excluding hydrogens is 463 g/mol. The number of nitrogens with zero attached hydrogens (tertiary/aromatic N) is 2. The number of halogens is 1. The summed E-state index contributed by atoms with van der Waals surface area (Å²) in [6.45, 7) is 18.0. The highest BCUT2D eigenvalue weighted by molar-refractivity contribution is 7.81. The maximum Gasteiger partial charge on any atom is 0.488 e. The molecule has 0 radical (unpaired) electrons. The minimum Gasteiger partial charge on any atom is -0.444 e. The van der Waals surface area contributed by atoms with Gasteiger partial charge in [0, 0.05) is 43.9 Å². The van der Waals surface area contributed by atoms with Crippen LogP contribution in [0.4, 0.5) is 8.68 Å². The molecule has 1 fully saturated rings. The molecule has 7 nitrogen and oxygen atoms in total. The van der Waals surface area contributed by atoms with Crippen molar-refractivity contribution >= 4 is 24.7 Å². The van der Waals surface area contributed by atoms with E-state index in [1.165, 1.54) is 0 Å². The summed E-state index contributed by atoms with van der Waals surface area (Å²) >= 11 is 0. The average Bonchev–Trinajstić information content (AvgIpc) is 2.64. The molecule has 0 saturated carbocycles. The van der Waals surface area contributed by atoms with E-state index in [1.807, 2.05) is 26.8 Å². The first-order valence-corrected chi connectivity index (χ1v) is 15.8. The fourth-order valence-electron chi connectivity index (χ4n) is 3.37. The van der Waals surface area contributed by atoms with Crippen molar-refractivity contribution in [1.82, 2.24) is 9.80 Å². The van der Waals surface area contributed by atoms with E-state index in [1.54, 1.807) is 18.7 Å². The summed E-state index contributed by atoms with van der Waals surface area (Å²) in [6, 6.07) is 1.93. The van der Waals surface area contributed by atoms with Crippen LogP contribution in [0, 0.1) is 25.3 Å². The highest BCUT2D eigenvalue weighted by Gasteiger charge is 2.27. The summed E-state index contributed by atoms with van der Waals surface area (Å²) in [5.74, 6) is 3.14. The van der Waals surface area contributed by atoms with Crippen molar-refractivity contribution in [3.63, 3.8) is 0 Å². The molecule has 1 aromatic rings. The summed E-state index contributed by atoms with van der Waals surface area (Å²) in [5, 5.41) is 0. The Hall–Kier alpha value is -2.09. The van der Waals surface area contributed by atoms with Gasteiger partial charge in [0.1, 0.15) is 13.7 Å². The molecule has 1 amide bonds. The van der Waals surface area contributed by atoms with E-state index >= 15 is 0 Å². The molecule has 0 unspecified atom stereocenters. The minimum atomic E-state index is -5.18. The first-order chi connectivity index (χ1) is 15.0. The lowest BCUT2D eigenvalue weighted by Gasteiger charge is -2.36.